The number of thiocarbonyl (C=S) groups is 1. The van der Waals surface area contributed by atoms with Crippen LogP contribution >= 0.6 is 12.2 Å². The fourth-order valence-electron chi connectivity index (χ4n) is 1.75. The molecule has 3 nitrogen and oxygen atoms in total. The molecule has 104 valence electrons. The highest BCUT2D eigenvalue weighted by Gasteiger charge is 2.13. The smallest absolute Gasteiger partial charge is 0.140 e. The first kappa shape index (κ1) is 14.3. The Morgan fingerprint density at radius 1 is 1.20 bits per heavy atom. The summed E-state index contributed by atoms with van der Waals surface area (Å²) >= 11 is 4.85. The number of halogens is 1. The molecule has 2 aromatic rings. The average molecular weight is 291 g/mol. The molecule has 0 heterocycles. The van der Waals surface area contributed by atoms with Crippen molar-refractivity contribution in [3.63, 3.8) is 0 Å². The number of ether oxygens (including phenoxy) is 2. The monoisotopic (exact) mass is 291 g/mol. The fraction of sp³-hybridized carbons (Fsp3) is 0.133. The van der Waals surface area contributed by atoms with E-state index in [4.69, 9.17) is 27.4 Å². The van der Waals surface area contributed by atoms with Crippen LogP contribution in [0.4, 0.5) is 4.39 Å². The molecule has 0 aliphatic heterocycles. The molecule has 0 fully saturated rings. The number of benzene rings is 2. The summed E-state index contributed by atoms with van der Waals surface area (Å²) in [4.78, 5) is -0.0425. The van der Waals surface area contributed by atoms with Gasteiger partial charge in [-0.2, -0.15) is 0 Å². The zero-order valence-electron chi connectivity index (χ0n) is 10.9. The Labute approximate surface area is 122 Å². The van der Waals surface area contributed by atoms with E-state index in [0.29, 0.717) is 18.1 Å². The van der Waals surface area contributed by atoms with Gasteiger partial charge in [0.1, 0.15) is 28.1 Å². The highest BCUT2D eigenvalue weighted by atomic mass is 32.1. The first-order chi connectivity index (χ1) is 9.61. The first-order valence-corrected chi connectivity index (χ1v) is 6.51. The predicted octanol–water partition coefficient (Wildman–Crippen LogP) is 3.65. The minimum Gasteiger partial charge on any atom is -0.494 e. The molecule has 0 spiro atoms. The van der Waals surface area contributed by atoms with E-state index in [-0.39, 0.29) is 16.3 Å². The van der Waals surface area contributed by atoms with E-state index < -0.39 is 5.82 Å². The van der Waals surface area contributed by atoms with Gasteiger partial charge in [0.25, 0.3) is 0 Å². The number of nitrogens with two attached hydrogens (primary N) is 1. The molecule has 0 amide bonds. The summed E-state index contributed by atoms with van der Waals surface area (Å²) in [6.07, 6.45) is 0. The van der Waals surface area contributed by atoms with Gasteiger partial charge in [-0.25, -0.2) is 4.39 Å². The summed E-state index contributed by atoms with van der Waals surface area (Å²) in [7, 11) is 0. The lowest BCUT2D eigenvalue weighted by Crippen LogP contribution is -2.13. The van der Waals surface area contributed by atoms with E-state index in [0.717, 1.165) is 0 Å². The largest absolute Gasteiger partial charge is 0.494 e. The van der Waals surface area contributed by atoms with Crippen LogP contribution in [0.15, 0.2) is 42.5 Å². The van der Waals surface area contributed by atoms with Crippen molar-refractivity contribution in [3.8, 4) is 17.2 Å². The molecule has 0 aliphatic carbocycles. The molecule has 0 saturated carbocycles. The molecule has 0 atom stereocenters. The van der Waals surface area contributed by atoms with Gasteiger partial charge < -0.3 is 15.2 Å². The third-order valence-corrected chi connectivity index (χ3v) is 2.77. The van der Waals surface area contributed by atoms with Gasteiger partial charge in [-0.3, -0.25) is 0 Å². The number of hydrogen-bond donors (Lipinski definition) is 1. The van der Waals surface area contributed by atoms with Crippen LogP contribution in [0.3, 0.4) is 0 Å². The van der Waals surface area contributed by atoms with Crippen molar-refractivity contribution in [1.82, 2.24) is 0 Å². The maximum atomic E-state index is 13.7. The van der Waals surface area contributed by atoms with Crippen LogP contribution in [-0.2, 0) is 0 Å². The van der Waals surface area contributed by atoms with Crippen LogP contribution in [0.5, 0.6) is 17.2 Å². The van der Waals surface area contributed by atoms with Crippen LogP contribution in [0.1, 0.15) is 12.5 Å². The van der Waals surface area contributed by atoms with Crippen molar-refractivity contribution in [1.29, 1.82) is 0 Å². The third kappa shape index (κ3) is 3.24. The van der Waals surface area contributed by atoms with E-state index in [1.165, 1.54) is 6.07 Å². The van der Waals surface area contributed by atoms with Gasteiger partial charge in [-0.05, 0) is 31.2 Å². The molecule has 0 unspecified atom stereocenters. The predicted molar refractivity (Wildman–Crippen MR) is 80.0 cm³/mol. The minimum absolute atomic E-state index is 0.0425. The Morgan fingerprint density at radius 2 is 1.90 bits per heavy atom. The molecule has 2 N–H and O–H groups in total. The summed E-state index contributed by atoms with van der Waals surface area (Å²) in [5, 5.41) is 0. The van der Waals surface area contributed by atoms with Crippen molar-refractivity contribution >= 4 is 17.2 Å². The normalized spacial score (nSPS) is 10.1. The molecule has 0 saturated heterocycles. The van der Waals surface area contributed by atoms with E-state index in [9.17, 15) is 4.39 Å². The van der Waals surface area contributed by atoms with Crippen molar-refractivity contribution < 1.29 is 13.9 Å². The van der Waals surface area contributed by atoms with E-state index in [2.05, 4.69) is 0 Å². The highest BCUT2D eigenvalue weighted by molar-refractivity contribution is 7.80. The summed E-state index contributed by atoms with van der Waals surface area (Å²) in [5.41, 5.74) is 5.63. The summed E-state index contributed by atoms with van der Waals surface area (Å²) in [5.74, 6) is 0.986. The van der Waals surface area contributed by atoms with E-state index >= 15 is 0 Å². The van der Waals surface area contributed by atoms with Crippen LogP contribution < -0.4 is 15.2 Å². The Morgan fingerprint density at radius 3 is 2.60 bits per heavy atom. The van der Waals surface area contributed by atoms with Crippen molar-refractivity contribution in [2.45, 2.75) is 6.92 Å². The van der Waals surface area contributed by atoms with Crippen molar-refractivity contribution in [2.24, 2.45) is 5.73 Å². The molecule has 0 radical (unpaired) electrons. The van der Waals surface area contributed by atoms with Crippen LogP contribution in [0, 0.1) is 5.82 Å². The van der Waals surface area contributed by atoms with E-state index in [1.54, 1.807) is 30.3 Å². The highest BCUT2D eigenvalue weighted by Crippen LogP contribution is 2.29. The second-order valence-electron chi connectivity index (χ2n) is 3.99. The standard InChI is InChI=1S/C15H14FNO2S/c1-2-18-10-5-3-6-11(9-10)19-13-8-4-7-12(16)14(13)15(17)20/h3-9H,2H2,1H3,(H2,17,20). The van der Waals surface area contributed by atoms with Crippen LogP contribution in [-0.4, -0.2) is 11.6 Å². The quantitative estimate of drug-likeness (QED) is 0.854. The first-order valence-electron chi connectivity index (χ1n) is 6.11. The zero-order chi connectivity index (χ0) is 14.5. The molecule has 0 bridgehead atoms. The lowest BCUT2D eigenvalue weighted by Gasteiger charge is -2.12. The van der Waals surface area contributed by atoms with Gasteiger partial charge in [-0.15, -0.1) is 0 Å². The second kappa shape index (κ2) is 6.34. The summed E-state index contributed by atoms with van der Waals surface area (Å²) < 4.78 is 24.8. The molecular formula is C15H14FNO2S. The zero-order valence-corrected chi connectivity index (χ0v) is 11.7. The lowest BCUT2D eigenvalue weighted by atomic mass is 10.2. The molecule has 0 aromatic heterocycles. The van der Waals surface area contributed by atoms with Crippen LogP contribution in [0.2, 0.25) is 0 Å². The summed E-state index contributed by atoms with van der Waals surface area (Å²) in [6.45, 7) is 2.45. The maximum Gasteiger partial charge on any atom is 0.140 e. The van der Waals surface area contributed by atoms with Crippen LogP contribution in [0.25, 0.3) is 0 Å². The van der Waals surface area contributed by atoms with Gasteiger partial charge in [0, 0.05) is 6.07 Å². The van der Waals surface area contributed by atoms with Gasteiger partial charge in [0.15, 0.2) is 0 Å². The Bertz CT molecular complexity index is 631. The second-order valence-corrected chi connectivity index (χ2v) is 4.43. The minimum atomic E-state index is -0.504. The maximum absolute atomic E-state index is 13.7. The van der Waals surface area contributed by atoms with Crippen molar-refractivity contribution in [2.75, 3.05) is 6.61 Å². The number of hydrogen-bond acceptors (Lipinski definition) is 3. The van der Waals surface area contributed by atoms with Gasteiger partial charge >= 0.3 is 0 Å². The molecular weight excluding hydrogens is 277 g/mol. The summed E-state index contributed by atoms with van der Waals surface area (Å²) in [6, 6.07) is 11.5. The van der Waals surface area contributed by atoms with Crippen molar-refractivity contribution in [3.05, 3.63) is 53.8 Å². The van der Waals surface area contributed by atoms with Gasteiger partial charge in [0.2, 0.25) is 0 Å². The van der Waals surface area contributed by atoms with Gasteiger partial charge in [-0.1, -0.05) is 24.4 Å². The lowest BCUT2D eigenvalue weighted by molar-refractivity contribution is 0.338. The van der Waals surface area contributed by atoms with E-state index in [1.807, 2.05) is 13.0 Å². The van der Waals surface area contributed by atoms with Gasteiger partial charge in [0.05, 0.1) is 12.2 Å². The molecule has 0 aliphatic rings. The Kier molecular flexibility index (Phi) is 4.53. The number of rotatable bonds is 5. The Hall–Kier alpha value is -2.14. The molecule has 2 rings (SSSR count). The Balaban J connectivity index is 2.32. The molecule has 2 aromatic carbocycles. The fourth-order valence-corrected chi connectivity index (χ4v) is 1.95. The average Bonchev–Trinajstić information content (AvgIpc) is 2.39. The third-order valence-electron chi connectivity index (χ3n) is 2.57. The SMILES string of the molecule is CCOc1cccc(Oc2cccc(F)c2C(N)=S)c1. The topological polar surface area (TPSA) is 44.5 Å². The molecule has 5 heteroatoms. The molecule has 20 heavy (non-hydrogen) atoms.